The van der Waals surface area contributed by atoms with Crippen LogP contribution in [-0.2, 0) is 6.42 Å². The first-order chi connectivity index (χ1) is 12.7. The normalized spacial score (nSPS) is 18.6. The van der Waals surface area contributed by atoms with Crippen LogP contribution in [0.3, 0.4) is 0 Å². The van der Waals surface area contributed by atoms with Crippen molar-refractivity contribution in [3.05, 3.63) is 52.6 Å². The van der Waals surface area contributed by atoms with Gasteiger partial charge >= 0.3 is 0 Å². The van der Waals surface area contributed by atoms with Gasteiger partial charge < -0.3 is 30.3 Å². The van der Waals surface area contributed by atoms with Crippen LogP contribution < -0.4 is 4.74 Å². The molecule has 7 nitrogen and oxygen atoms in total. The zero-order chi connectivity index (χ0) is 19.9. The number of aliphatic hydroxyl groups is 1. The van der Waals surface area contributed by atoms with Crippen molar-refractivity contribution in [2.75, 3.05) is 0 Å². The van der Waals surface area contributed by atoms with Crippen molar-refractivity contribution in [2.24, 2.45) is 0 Å². The molecule has 27 heavy (non-hydrogen) atoms. The summed E-state index contributed by atoms with van der Waals surface area (Å²) in [5.74, 6) is -2.12. The molecule has 0 fully saturated rings. The smallest absolute Gasteiger partial charge is 0.202 e. The second-order valence-electron chi connectivity index (χ2n) is 6.67. The number of phenolic OH excluding ortho intramolecular Hbond substituents is 4. The number of carbonyl (C=O) groups excluding carboxylic acids is 1. The summed E-state index contributed by atoms with van der Waals surface area (Å²) in [4.78, 5) is 12.7. The Kier molecular flexibility index (Phi) is 4.72. The highest BCUT2D eigenvalue weighted by Crippen LogP contribution is 2.46. The summed E-state index contributed by atoms with van der Waals surface area (Å²) in [5.41, 5.74) is 1.14. The minimum absolute atomic E-state index is 0.0437. The van der Waals surface area contributed by atoms with E-state index in [0.29, 0.717) is 0 Å². The summed E-state index contributed by atoms with van der Waals surface area (Å²) in [6.07, 6.45) is -0.885. The zero-order valence-corrected chi connectivity index (χ0v) is 14.8. The standard InChI is InChI=1S/C20H20O7/c1-9(2)3-5-11-14(23)8-15(24)16-17(25)18(26)20(27-19(11)16)12-6-4-10(21)7-13(12)22/h3-4,6-8,18,20-24,26H,5H2,1-2H3/t18-,20+/m0/s1. The predicted octanol–water partition coefficient (Wildman–Crippen LogP) is 2.70. The molecule has 142 valence electrons. The van der Waals surface area contributed by atoms with Gasteiger partial charge in [0.15, 0.2) is 12.2 Å². The number of benzene rings is 2. The van der Waals surface area contributed by atoms with Gasteiger partial charge in [0, 0.05) is 23.3 Å². The maximum atomic E-state index is 12.7. The van der Waals surface area contributed by atoms with Crippen molar-refractivity contribution in [1.29, 1.82) is 0 Å². The number of ether oxygens (including phenoxy) is 1. The molecular formula is C20H20O7. The largest absolute Gasteiger partial charge is 0.508 e. The van der Waals surface area contributed by atoms with Crippen LogP contribution in [0.2, 0.25) is 0 Å². The highest BCUT2D eigenvalue weighted by Gasteiger charge is 2.41. The van der Waals surface area contributed by atoms with Crippen LogP contribution in [0.25, 0.3) is 0 Å². The lowest BCUT2D eigenvalue weighted by Crippen LogP contribution is -2.36. The van der Waals surface area contributed by atoms with Gasteiger partial charge in [0.2, 0.25) is 5.78 Å². The summed E-state index contributed by atoms with van der Waals surface area (Å²) in [6, 6.07) is 4.72. The minimum Gasteiger partial charge on any atom is -0.508 e. The lowest BCUT2D eigenvalue weighted by Gasteiger charge is -2.32. The summed E-state index contributed by atoms with van der Waals surface area (Å²) in [5, 5.41) is 50.3. The van der Waals surface area contributed by atoms with Crippen LogP contribution in [0.4, 0.5) is 0 Å². The molecule has 0 aliphatic carbocycles. The molecule has 0 saturated heterocycles. The molecule has 3 rings (SSSR count). The van der Waals surface area contributed by atoms with Crippen molar-refractivity contribution < 1.29 is 35.1 Å². The predicted molar refractivity (Wildman–Crippen MR) is 96.4 cm³/mol. The van der Waals surface area contributed by atoms with E-state index in [-0.39, 0.29) is 46.1 Å². The van der Waals surface area contributed by atoms with Gasteiger partial charge in [-0.3, -0.25) is 4.79 Å². The Labute approximate surface area is 155 Å². The van der Waals surface area contributed by atoms with E-state index in [2.05, 4.69) is 0 Å². The fraction of sp³-hybridized carbons (Fsp3) is 0.250. The number of ketones is 1. The van der Waals surface area contributed by atoms with E-state index in [1.165, 1.54) is 12.1 Å². The summed E-state index contributed by atoms with van der Waals surface area (Å²) in [7, 11) is 0. The molecule has 0 bridgehead atoms. The number of aliphatic hydroxyl groups excluding tert-OH is 1. The van der Waals surface area contributed by atoms with Gasteiger partial charge in [-0.15, -0.1) is 0 Å². The van der Waals surface area contributed by atoms with Crippen LogP contribution in [-0.4, -0.2) is 37.4 Å². The Morgan fingerprint density at radius 2 is 1.78 bits per heavy atom. The lowest BCUT2D eigenvalue weighted by molar-refractivity contribution is 0.0199. The summed E-state index contributed by atoms with van der Waals surface area (Å²) in [6.45, 7) is 3.74. The first kappa shape index (κ1) is 18.6. The fourth-order valence-corrected chi connectivity index (χ4v) is 3.03. The topological polar surface area (TPSA) is 127 Å². The van der Waals surface area contributed by atoms with E-state index < -0.39 is 23.7 Å². The monoisotopic (exact) mass is 372 g/mol. The number of allylic oxidation sites excluding steroid dienone is 2. The van der Waals surface area contributed by atoms with E-state index in [1.807, 2.05) is 19.9 Å². The number of hydrogen-bond donors (Lipinski definition) is 5. The van der Waals surface area contributed by atoms with E-state index in [1.54, 1.807) is 0 Å². The minimum atomic E-state index is -1.68. The van der Waals surface area contributed by atoms with Crippen molar-refractivity contribution in [3.63, 3.8) is 0 Å². The number of Topliss-reactive ketones (excluding diaryl/α,β-unsaturated/α-hetero) is 1. The first-order valence-corrected chi connectivity index (χ1v) is 8.32. The summed E-state index contributed by atoms with van der Waals surface area (Å²) >= 11 is 0. The van der Waals surface area contributed by atoms with Gasteiger partial charge in [0.1, 0.15) is 34.3 Å². The van der Waals surface area contributed by atoms with Crippen molar-refractivity contribution >= 4 is 5.78 Å². The Bertz CT molecular complexity index is 942. The van der Waals surface area contributed by atoms with Gasteiger partial charge in [-0.2, -0.15) is 0 Å². The third kappa shape index (κ3) is 3.29. The van der Waals surface area contributed by atoms with Crippen molar-refractivity contribution in [1.82, 2.24) is 0 Å². The van der Waals surface area contributed by atoms with Crippen LogP contribution >= 0.6 is 0 Å². The maximum Gasteiger partial charge on any atom is 0.202 e. The van der Waals surface area contributed by atoms with Crippen molar-refractivity contribution in [2.45, 2.75) is 32.5 Å². The second kappa shape index (κ2) is 6.85. The van der Waals surface area contributed by atoms with Gasteiger partial charge in [-0.05, 0) is 32.4 Å². The van der Waals surface area contributed by atoms with Crippen LogP contribution in [0.1, 0.15) is 41.4 Å². The van der Waals surface area contributed by atoms with Gasteiger partial charge in [-0.1, -0.05) is 11.6 Å². The molecule has 0 amide bonds. The molecule has 0 spiro atoms. The van der Waals surface area contributed by atoms with Gasteiger partial charge in [0.25, 0.3) is 0 Å². The fourth-order valence-electron chi connectivity index (χ4n) is 3.03. The molecule has 2 aromatic rings. The number of aromatic hydroxyl groups is 4. The molecule has 0 unspecified atom stereocenters. The molecule has 2 atom stereocenters. The molecule has 7 heteroatoms. The van der Waals surface area contributed by atoms with Crippen LogP contribution in [0, 0.1) is 0 Å². The second-order valence-corrected chi connectivity index (χ2v) is 6.67. The van der Waals surface area contributed by atoms with Crippen LogP contribution in [0.5, 0.6) is 28.7 Å². The molecule has 0 radical (unpaired) electrons. The highest BCUT2D eigenvalue weighted by molar-refractivity contribution is 6.06. The SMILES string of the molecule is CC(C)=CCc1c(O)cc(O)c2c1O[C@H](c1ccc(O)cc1O)[C@@H](O)C2=O. The maximum absolute atomic E-state index is 12.7. The molecule has 2 aromatic carbocycles. The molecule has 1 aliphatic rings. The van der Waals surface area contributed by atoms with E-state index in [4.69, 9.17) is 4.74 Å². The number of rotatable bonds is 3. The third-order valence-electron chi connectivity index (χ3n) is 4.42. The Balaban J connectivity index is 2.16. The number of fused-ring (bicyclic) bond motifs is 1. The molecule has 0 saturated carbocycles. The Morgan fingerprint density at radius 1 is 1.07 bits per heavy atom. The molecule has 5 N–H and O–H groups in total. The molecule has 1 aliphatic heterocycles. The van der Waals surface area contributed by atoms with Crippen molar-refractivity contribution in [3.8, 4) is 28.7 Å². The number of carbonyl (C=O) groups is 1. The summed E-state index contributed by atoms with van der Waals surface area (Å²) < 4.78 is 5.78. The highest BCUT2D eigenvalue weighted by atomic mass is 16.5. The van der Waals surface area contributed by atoms with E-state index >= 15 is 0 Å². The average Bonchev–Trinajstić information content (AvgIpc) is 2.57. The zero-order valence-electron chi connectivity index (χ0n) is 14.8. The Hall–Kier alpha value is -3.19. The average molecular weight is 372 g/mol. The van der Waals surface area contributed by atoms with E-state index in [9.17, 15) is 30.3 Å². The van der Waals surface area contributed by atoms with Gasteiger partial charge in [-0.25, -0.2) is 0 Å². The first-order valence-electron chi connectivity index (χ1n) is 8.32. The van der Waals surface area contributed by atoms with Gasteiger partial charge in [0.05, 0.1) is 0 Å². The van der Waals surface area contributed by atoms with Crippen LogP contribution in [0.15, 0.2) is 35.9 Å². The lowest BCUT2D eigenvalue weighted by atomic mass is 9.90. The third-order valence-corrected chi connectivity index (χ3v) is 4.42. The molecular weight excluding hydrogens is 352 g/mol. The Morgan fingerprint density at radius 3 is 2.41 bits per heavy atom. The molecule has 1 heterocycles. The van der Waals surface area contributed by atoms with E-state index in [0.717, 1.165) is 17.7 Å². The number of phenols is 4. The quantitative estimate of drug-likeness (QED) is 0.524. The molecule has 0 aromatic heterocycles. The number of hydrogen-bond acceptors (Lipinski definition) is 7.